The Balaban J connectivity index is 1.54. The number of benzene rings is 1. The molecule has 2 heterocycles. The summed E-state index contributed by atoms with van der Waals surface area (Å²) in [5.74, 6) is 0.449. The Bertz CT molecular complexity index is 819. The van der Waals surface area contributed by atoms with Crippen LogP contribution >= 0.6 is 0 Å². The smallest absolute Gasteiger partial charge is 0.243 e. The molecule has 0 spiro atoms. The van der Waals surface area contributed by atoms with Crippen molar-refractivity contribution in [3.05, 3.63) is 30.3 Å². The Kier molecular flexibility index (Phi) is 5.27. The van der Waals surface area contributed by atoms with Crippen molar-refractivity contribution in [3.63, 3.8) is 0 Å². The highest BCUT2D eigenvalue weighted by molar-refractivity contribution is 7.89. The summed E-state index contributed by atoms with van der Waals surface area (Å²) in [5, 5.41) is 0. The molecular weight excluding hydrogens is 374 g/mol. The van der Waals surface area contributed by atoms with E-state index in [0.717, 1.165) is 38.8 Å². The number of hydrogen-bond donors (Lipinski definition) is 0. The van der Waals surface area contributed by atoms with E-state index in [9.17, 15) is 13.2 Å². The first kappa shape index (κ1) is 19.9. The summed E-state index contributed by atoms with van der Waals surface area (Å²) >= 11 is 0. The number of carbonyl (C=O) groups is 1. The molecule has 1 amide bonds. The summed E-state index contributed by atoms with van der Waals surface area (Å²) in [7, 11) is -3.53. The molecule has 4 rings (SSSR count). The molecule has 0 bridgehead atoms. The molecule has 6 nitrogen and oxygen atoms in total. The first-order valence-electron chi connectivity index (χ1n) is 10.4. The van der Waals surface area contributed by atoms with E-state index in [1.165, 1.54) is 0 Å². The first-order valence-corrected chi connectivity index (χ1v) is 11.8. The maximum absolute atomic E-state index is 13.2. The van der Waals surface area contributed by atoms with E-state index in [4.69, 9.17) is 0 Å². The van der Waals surface area contributed by atoms with Gasteiger partial charge in [-0.15, -0.1) is 0 Å². The third-order valence-electron chi connectivity index (χ3n) is 6.63. The van der Waals surface area contributed by atoms with Crippen LogP contribution in [-0.4, -0.2) is 72.7 Å². The van der Waals surface area contributed by atoms with Crippen LogP contribution in [0.15, 0.2) is 35.2 Å². The molecule has 1 aromatic rings. The van der Waals surface area contributed by atoms with Crippen LogP contribution in [-0.2, 0) is 14.8 Å². The van der Waals surface area contributed by atoms with Gasteiger partial charge in [0.25, 0.3) is 0 Å². The maximum Gasteiger partial charge on any atom is 0.243 e. The summed E-state index contributed by atoms with van der Waals surface area (Å²) in [5.41, 5.74) is -0.257. The molecule has 3 fully saturated rings. The Morgan fingerprint density at radius 3 is 2.39 bits per heavy atom. The van der Waals surface area contributed by atoms with Gasteiger partial charge in [-0.1, -0.05) is 31.0 Å². The molecule has 154 valence electrons. The van der Waals surface area contributed by atoms with E-state index in [0.29, 0.717) is 24.5 Å². The summed E-state index contributed by atoms with van der Waals surface area (Å²) in [6.45, 7) is 7.32. The molecule has 0 aromatic heterocycles. The fourth-order valence-electron chi connectivity index (χ4n) is 5.19. The number of fused-ring (bicyclic) bond motifs is 1. The molecule has 1 aromatic carbocycles. The normalized spacial score (nSPS) is 26.9. The first-order chi connectivity index (χ1) is 13.3. The average molecular weight is 406 g/mol. The van der Waals surface area contributed by atoms with E-state index in [1.54, 1.807) is 28.6 Å². The van der Waals surface area contributed by atoms with Gasteiger partial charge in [-0.3, -0.25) is 9.69 Å². The third-order valence-corrected chi connectivity index (χ3v) is 8.46. The lowest BCUT2D eigenvalue weighted by Crippen LogP contribution is -2.70. The average Bonchev–Trinajstić information content (AvgIpc) is 3.22. The lowest BCUT2D eigenvalue weighted by Gasteiger charge is -2.55. The van der Waals surface area contributed by atoms with Crippen molar-refractivity contribution in [1.82, 2.24) is 14.1 Å². The topological polar surface area (TPSA) is 60.9 Å². The van der Waals surface area contributed by atoms with Crippen LogP contribution < -0.4 is 0 Å². The number of piperazine rings is 2. The second-order valence-corrected chi connectivity index (χ2v) is 11.0. The monoisotopic (exact) mass is 405 g/mol. The van der Waals surface area contributed by atoms with Gasteiger partial charge in [-0.25, -0.2) is 8.42 Å². The number of amides is 1. The lowest BCUT2D eigenvalue weighted by molar-refractivity contribution is -0.141. The molecule has 0 N–H and O–H groups in total. The van der Waals surface area contributed by atoms with Crippen LogP contribution in [0.3, 0.4) is 0 Å². The fourth-order valence-corrected chi connectivity index (χ4v) is 6.84. The van der Waals surface area contributed by atoms with Gasteiger partial charge in [-0.05, 0) is 38.8 Å². The van der Waals surface area contributed by atoms with E-state index < -0.39 is 10.0 Å². The van der Waals surface area contributed by atoms with Crippen LogP contribution in [0.25, 0.3) is 0 Å². The summed E-state index contributed by atoms with van der Waals surface area (Å²) in [4.78, 5) is 17.7. The Labute approximate surface area is 168 Å². The highest BCUT2D eigenvalue weighted by atomic mass is 32.2. The summed E-state index contributed by atoms with van der Waals surface area (Å²) in [6, 6.07) is 8.71. The van der Waals surface area contributed by atoms with Gasteiger partial charge >= 0.3 is 0 Å². The predicted octanol–water partition coefficient (Wildman–Crippen LogP) is 2.17. The number of carbonyl (C=O) groups excluding carboxylic acids is 1. The van der Waals surface area contributed by atoms with Gasteiger partial charge < -0.3 is 4.90 Å². The van der Waals surface area contributed by atoms with E-state index in [-0.39, 0.29) is 23.4 Å². The van der Waals surface area contributed by atoms with Crippen molar-refractivity contribution in [2.45, 2.75) is 56.0 Å². The predicted molar refractivity (Wildman–Crippen MR) is 108 cm³/mol. The highest BCUT2D eigenvalue weighted by Crippen LogP contribution is 2.33. The van der Waals surface area contributed by atoms with Gasteiger partial charge in [0.2, 0.25) is 15.9 Å². The summed E-state index contributed by atoms with van der Waals surface area (Å²) in [6.07, 6.45) is 4.30. The molecule has 1 saturated carbocycles. The van der Waals surface area contributed by atoms with Crippen LogP contribution in [0, 0.1) is 5.92 Å². The van der Waals surface area contributed by atoms with Gasteiger partial charge in [0.05, 0.1) is 4.90 Å². The molecule has 2 aliphatic heterocycles. The number of hydrogen-bond acceptors (Lipinski definition) is 4. The second-order valence-electron chi connectivity index (χ2n) is 9.04. The van der Waals surface area contributed by atoms with Crippen molar-refractivity contribution in [2.75, 3.05) is 32.7 Å². The van der Waals surface area contributed by atoms with E-state index in [2.05, 4.69) is 18.7 Å². The van der Waals surface area contributed by atoms with Crippen LogP contribution in [0.5, 0.6) is 0 Å². The zero-order valence-corrected chi connectivity index (χ0v) is 17.7. The van der Waals surface area contributed by atoms with Crippen molar-refractivity contribution < 1.29 is 13.2 Å². The minimum absolute atomic E-state index is 0.0429. The van der Waals surface area contributed by atoms with Crippen LogP contribution in [0.1, 0.15) is 39.5 Å². The summed E-state index contributed by atoms with van der Waals surface area (Å²) < 4.78 is 28.0. The van der Waals surface area contributed by atoms with Gasteiger partial charge in [-0.2, -0.15) is 4.31 Å². The van der Waals surface area contributed by atoms with Gasteiger partial charge in [0.15, 0.2) is 0 Å². The molecule has 0 radical (unpaired) electrons. The Morgan fingerprint density at radius 1 is 1.04 bits per heavy atom. The van der Waals surface area contributed by atoms with Crippen molar-refractivity contribution in [2.24, 2.45) is 5.92 Å². The maximum atomic E-state index is 13.2. The molecule has 1 unspecified atom stereocenters. The van der Waals surface area contributed by atoms with E-state index >= 15 is 0 Å². The minimum Gasteiger partial charge on any atom is -0.340 e. The van der Waals surface area contributed by atoms with Gasteiger partial charge in [0.1, 0.15) is 0 Å². The standard InChI is InChI=1S/C21H31N3O3S/c1-21(2)16-23(28(26,27)19-10-4-3-5-11-19)15-18-14-22(12-13-24(18)21)20(25)17-8-6-7-9-17/h3-5,10-11,17-18H,6-9,12-16H2,1-2H3. The number of sulfonamides is 1. The second kappa shape index (κ2) is 7.43. The molecule has 1 atom stereocenters. The zero-order chi connectivity index (χ0) is 19.9. The molecule has 28 heavy (non-hydrogen) atoms. The van der Waals surface area contributed by atoms with Crippen LogP contribution in [0.2, 0.25) is 0 Å². The molecule has 3 aliphatic rings. The van der Waals surface area contributed by atoms with Crippen molar-refractivity contribution in [3.8, 4) is 0 Å². The molecular formula is C21H31N3O3S. The van der Waals surface area contributed by atoms with Crippen LogP contribution in [0.4, 0.5) is 0 Å². The Hall–Kier alpha value is -1.44. The molecule has 7 heteroatoms. The van der Waals surface area contributed by atoms with E-state index in [1.807, 2.05) is 11.0 Å². The lowest BCUT2D eigenvalue weighted by atomic mass is 9.93. The number of nitrogens with zero attached hydrogens (tertiary/aromatic N) is 3. The van der Waals surface area contributed by atoms with Crippen molar-refractivity contribution >= 4 is 15.9 Å². The quantitative estimate of drug-likeness (QED) is 0.773. The highest BCUT2D eigenvalue weighted by Gasteiger charge is 2.47. The largest absolute Gasteiger partial charge is 0.340 e. The third kappa shape index (κ3) is 3.60. The minimum atomic E-state index is -3.53. The van der Waals surface area contributed by atoms with Crippen molar-refractivity contribution in [1.29, 1.82) is 0 Å². The number of rotatable bonds is 3. The molecule has 1 aliphatic carbocycles. The Morgan fingerprint density at radius 2 is 1.71 bits per heavy atom. The fraction of sp³-hybridized carbons (Fsp3) is 0.667. The zero-order valence-electron chi connectivity index (χ0n) is 16.9. The molecule has 2 saturated heterocycles. The van der Waals surface area contributed by atoms with Gasteiger partial charge in [0, 0.05) is 50.2 Å². The SMILES string of the molecule is CC1(C)CN(S(=O)(=O)c2ccccc2)CC2CN(C(=O)C3CCCC3)CCN21.